The second-order valence-corrected chi connectivity index (χ2v) is 6.97. The summed E-state index contributed by atoms with van der Waals surface area (Å²) in [5.41, 5.74) is 0. The Kier molecular flexibility index (Phi) is 7.01. The van der Waals surface area contributed by atoms with Crippen LogP contribution in [0.3, 0.4) is 0 Å². The minimum absolute atomic E-state index is 0.0962. The van der Waals surface area contributed by atoms with Gasteiger partial charge in [0.2, 0.25) is 5.91 Å². The molecule has 2 atom stereocenters. The molecule has 1 heterocycles. The summed E-state index contributed by atoms with van der Waals surface area (Å²) in [6.45, 7) is 3.64. The van der Waals surface area contributed by atoms with Crippen LogP contribution in [0.1, 0.15) is 32.6 Å². The van der Waals surface area contributed by atoms with Crippen LogP contribution in [-0.2, 0) is 4.79 Å². The second-order valence-electron chi connectivity index (χ2n) is 5.83. The molecule has 0 aromatic carbocycles. The van der Waals surface area contributed by atoms with E-state index in [1.54, 1.807) is 0 Å². The van der Waals surface area contributed by atoms with Crippen molar-refractivity contribution in [1.82, 2.24) is 20.9 Å². The van der Waals surface area contributed by atoms with Gasteiger partial charge < -0.3 is 16.0 Å². The molecule has 23 heavy (non-hydrogen) atoms. The van der Waals surface area contributed by atoms with Crippen molar-refractivity contribution in [2.45, 2.75) is 43.9 Å². The fourth-order valence-electron chi connectivity index (χ4n) is 2.95. The molecule has 7 nitrogen and oxygen atoms in total. The number of hydrogen-bond acceptors (Lipinski definition) is 4. The number of carbonyl (C=O) groups is 2. The first-order valence-electron chi connectivity index (χ1n) is 8.29. The van der Waals surface area contributed by atoms with Gasteiger partial charge in [-0.3, -0.25) is 14.7 Å². The molecule has 2 rings (SSSR count). The van der Waals surface area contributed by atoms with Gasteiger partial charge in [0.1, 0.15) is 0 Å². The Bertz CT molecular complexity index is 441. The molecule has 0 bridgehead atoms. The molecule has 2 fully saturated rings. The van der Waals surface area contributed by atoms with Crippen LogP contribution < -0.4 is 16.0 Å². The summed E-state index contributed by atoms with van der Waals surface area (Å²) in [5.74, 6) is 0.588. The van der Waals surface area contributed by atoms with Crippen molar-refractivity contribution in [2.24, 2.45) is 4.99 Å². The second kappa shape index (κ2) is 9.00. The highest BCUT2D eigenvalue weighted by molar-refractivity contribution is 7.99. The van der Waals surface area contributed by atoms with Gasteiger partial charge in [-0.05, 0) is 32.4 Å². The fraction of sp³-hybridized carbons (Fsp3) is 0.800. The summed E-state index contributed by atoms with van der Waals surface area (Å²) in [5, 5.41) is 9.96. The van der Waals surface area contributed by atoms with Crippen molar-refractivity contribution in [3.63, 3.8) is 0 Å². The minimum atomic E-state index is -0.321. The Labute approximate surface area is 142 Å². The summed E-state index contributed by atoms with van der Waals surface area (Å²) in [6, 6.07) is 0.119. The van der Waals surface area contributed by atoms with Gasteiger partial charge >= 0.3 is 6.03 Å². The molecule has 1 aliphatic heterocycles. The molecular weight excluding hydrogens is 314 g/mol. The quantitative estimate of drug-likeness (QED) is 0.377. The average Bonchev–Trinajstić information content (AvgIpc) is 2.87. The van der Waals surface area contributed by atoms with E-state index in [2.05, 4.69) is 27.2 Å². The lowest BCUT2D eigenvalue weighted by atomic mass is 9.95. The summed E-state index contributed by atoms with van der Waals surface area (Å²) in [6.07, 6.45) is 7.02. The van der Waals surface area contributed by atoms with Crippen molar-refractivity contribution in [2.75, 3.05) is 32.4 Å². The first-order chi connectivity index (χ1) is 11.1. The molecule has 3 N–H and O–H groups in total. The zero-order valence-electron chi connectivity index (χ0n) is 13.9. The number of hydrogen-bond donors (Lipinski definition) is 3. The van der Waals surface area contributed by atoms with Gasteiger partial charge in [-0.25, -0.2) is 4.79 Å². The third-order valence-electron chi connectivity index (χ3n) is 4.18. The third kappa shape index (κ3) is 5.30. The number of carbonyl (C=O) groups excluding carboxylic acids is 2. The highest BCUT2D eigenvalue weighted by atomic mass is 32.2. The van der Waals surface area contributed by atoms with Crippen LogP contribution in [0.4, 0.5) is 4.79 Å². The van der Waals surface area contributed by atoms with E-state index in [4.69, 9.17) is 0 Å². The van der Waals surface area contributed by atoms with Gasteiger partial charge in [0.15, 0.2) is 5.96 Å². The summed E-state index contributed by atoms with van der Waals surface area (Å²) in [7, 11) is 0. The van der Waals surface area contributed by atoms with Crippen molar-refractivity contribution >= 4 is 29.7 Å². The number of urea groups is 1. The van der Waals surface area contributed by atoms with Crippen molar-refractivity contribution in [1.29, 1.82) is 0 Å². The molecule has 8 heteroatoms. The van der Waals surface area contributed by atoms with Crippen LogP contribution in [0.15, 0.2) is 4.99 Å². The van der Waals surface area contributed by atoms with Gasteiger partial charge in [-0.15, -0.1) is 0 Å². The molecule has 0 aromatic rings. The molecule has 0 radical (unpaired) electrons. The van der Waals surface area contributed by atoms with E-state index in [9.17, 15) is 9.59 Å². The topological polar surface area (TPSA) is 85.8 Å². The monoisotopic (exact) mass is 341 g/mol. The summed E-state index contributed by atoms with van der Waals surface area (Å²) < 4.78 is 0. The normalized spacial score (nSPS) is 25.5. The number of thioether (sulfide) groups is 1. The largest absolute Gasteiger partial charge is 0.357 e. The zero-order valence-corrected chi connectivity index (χ0v) is 14.7. The molecule has 130 valence electrons. The van der Waals surface area contributed by atoms with Crippen LogP contribution in [0.2, 0.25) is 0 Å². The maximum atomic E-state index is 11.5. The Morgan fingerprint density at radius 3 is 2.91 bits per heavy atom. The minimum Gasteiger partial charge on any atom is -0.357 e. The van der Waals surface area contributed by atoms with Crippen LogP contribution in [0, 0.1) is 0 Å². The number of guanidine groups is 1. The lowest BCUT2D eigenvalue weighted by Crippen LogP contribution is -2.46. The molecule has 3 amide bonds. The number of amides is 3. The van der Waals surface area contributed by atoms with Gasteiger partial charge in [0.25, 0.3) is 0 Å². The van der Waals surface area contributed by atoms with Gasteiger partial charge in [-0.1, -0.05) is 6.42 Å². The van der Waals surface area contributed by atoms with E-state index in [1.165, 1.54) is 17.7 Å². The van der Waals surface area contributed by atoms with Crippen LogP contribution in [-0.4, -0.2) is 66.5 Å². The standard InChI is InChI=1S/C15H27N5O2S/c1-3-16-14(19-11-5-4-6-12(9-11)23-2)17-7-8-20-13(21)10-18-15(20)22/h11-12H,3-10H2,1-2H3,(H,18,22)(H2,16,17,19). The van der Waals surface area contributed by atoms with E-state index in [1.807, 2.05) is 18.7 Å². The van der Waals surface area contributed by atoms with Crippen LogP contribution in [0.25, 0.3) is 0 Å². The summed E-state index contributed by atoms with van der Waals surface area (Å²) in [4.78, 5) is 28.7. The third-order valence-corrected chi connectivity index (χ3v) is 5.27. The summed E-state index contributed by atoms with van der Waals surface area (Å²) >= 11 is 1.94. The van der Waals surface area contributed by atoms with E-state index < -0.39 is 0 Å². The molecule has 0 aromatic heterocycles. The number of aliphatic imine (C=N–C) groups is 1. The Balaban J connectivity index is 1.84. The maximum absolute atomic E-state index is 11.5. The van der Waals surface area contributed by atoms with Gasteiger partial charge in [0, 0.05) is 17.8 Å². The maximum Gasteiger partial charge on any atom is 0.324 e. The smallest absolute Gasteiger partial charge is 0.324 e. The molecule has 0 spiro atoms. The van der Waals surface area contributed by atoms with E-state index in [0.29, 0.717) is 19.1 Å². The number of imide groups is 1. The highest BCUT2D eigenvalue weighted by Crippen LogP contribution is 2.26. The lowest BCUT2D eigenvalue weighted by Gasteiger charge is -2.30. The fourth-order valence-corrected chi connectivity index (χ4v) is 3.77. The highest BCUT2D eigenvalue weighted by Gasteiger charge is 2.27. The molecular formula is C15H27N5O2S. The van der Waals surface area contributed by atoms with E-state index in [-0.39, 0.29) is 18.5 Å². The molecule has 1 aliphatic carbocycles. The number of nitrogens with one attached hydrogen (secondary N) is 3. The molecule has 1 saturated heterocycles. The van der Waals surface area contributed by atoms with Crippen LogP contribution >= 0.6 is 11.8 Å². The van der Waals surface area contributed by atoms with Crippen molar-refractivity contribution < 1.29 is 9.59 Å². The molecule has 2 aliphatic rings. The average molecular weight is 341 g/mol. The SMILES string of the molecule is CCNC(=NCCN1C(=O)CNC1=O)NC1CCCC(SC)C1. The molecule has 2 unspecified atom stereocenters. The Hall–Kier alpha value is -1.44. The number of nitrogens with zero attached hydrogens (tertiary/aromatic N) is 2. The first kappa shape index (κ1) is 17.9. The predicted octanol–water partition coefficient (Wildman–Crippen LogP) is 0.768. The Morgan fingerprint density at radius 1 is 1.43 bits per heavy atom. The van der Waals surface area contributed by atoms with Crippen LogP contribution in [0.5, 0.6) is 0 Å². The Morgan fingerprint density at radius 2 is 2.26 bits per heavy atom. The van der Waals surface area contributed by atoms with Crippen molar-refractivity contribution in [3.05, 3.63) is 0 Å². The zero-order chi connectivity index (χ0) is 16.7. The van der Waals surface area contributed by atoms with Gasteiger partial charge in [0.05, 0.1) is 19.6 Å². The predicted molar refractivity (Wildman–Crippen MR) is 93.8 cm³/mol. The van der Waals surface area contributed by atoms with E-state index in [0.717, 1.165) is 30.6 Å². The molecule has 1 saturated carbocycles. The van der Waals surface area contributed by atoms with Crippen molar-refractivity contribution in [3.8, 4) is 0 Å². The van der Waals surface area contributed by atoms with Gasteiger partial charge in [-0.2, -0.15) is 11.8 Å². The lowest BCUT2D eigenvalue weighted by molar-refractivity contribution is -0.124. The van der Waals surface area contributed by atoms with E-state index >= 15 is 0 Å². The number of rotatable bonds is 6. The first-order valence-corrected chi connectivity index (χ1v) is 9.58.